The highest BCUT2D eigenvalue weighted by atomic mass is 32.1. The first kappa shape index (κ1) is 17.3. The molecule has 1 fully saturated rings. The molecule has 4 aromatic rings. The van der Waals surface area contributed by atoms with Crippen molar-refractivity contribution < 1.29 is 9.90 Å². The number of hydrogen-bond acceptors (Lipinski definition) is 6. The standard InChI is InChI=1S/C20H19N5O2S/c1-11(23-19(26)20(27)6-7-20)12-4-3-5-13(8-12)17-24-15-16-14(22-10-25(16)2)9-21-18(15)28-17/h3-5,8-11,27H,6-7H2,1-2H3,(H,23,26)/t11-/m0/s1. The van der Waals surface area contributed by atoms with Gasteiger partial charge in [-0.25, -0.2) is 15.0 Å². The minimum absolute atomic E-state index is 0.201. The van der Waals surface area contributed by atoms with Crippen LogP contribution < -0.4 is 5.32 Å². The van der Waals surface area contributed by atoms with Crippen LogP contribution in [0, 0.1) is 0 Å². The summed E-state index contributed by atoms with van der Waals surface area (Å²) in [6.07, 6.45) is 4.61. The van der Waals surface area contributed by atoms with Crippen LogP contribution in [0.1, 0.15) is 31.4 Å². The highest BCUT2D eigenvalue weighted by Gasteiger charge is 2.48. The molecule has 0 bridgehead atoms. The average Bonchev–Trinajstić information content (AvgIpc) is 3.13. The molecular formula is C20H19N5O2S. The predicted molar refractivity (Wildman–Crippen MR) is 108 cm³/mol. The third-order valence-corrected chi connectivity index (χ3v) is 6.24. The SMILES string of the molecule is C[C@H](NC(=O)C1(O)CC1)c1cccc(-c2nc3c(ncc4ncn(C)c43)s2)c1. The summed E-state index contributed by atoms with van der Waals surface area (Å²) in [7, 11) is 1.95. The second kappa shape index (κ2) is 6.08. The largest absolute Gasteiger partial charge is 0.380 e. The zero-order valence-electron chi connectivity index (χ0n) is 15.5. The van der Waals surface area contributed by atoms with Crippen molar-refractivity contribution in [3.05, 3.63) is 42.4 Å². The molecule has 0 unspecified atom stereocenters. The van der Waals surface area contributed by atoms with Gasteiger partial charge in [0.1, 0.15) is 26.5 Å². The molecule has 5 rings (SSSR count). The lowest BCUT2D eigenvalue weighted by atomic mass is 10.0. The van der Waals surface area contributed by atoms with Gasteiger partial charge in [-0.15, -0.1) is 0 Å². The molecule has 0 radical (unpaired) electrons. The molecule has 3 heterocycles. The number of rotatable bonds is 4. The van der Waals surface area contributed by atoms with E-state index >= 15 is 0 Å². The highest BCUT2D eigenvalue weighted by molar-refractivity contribution is 7.21. The van der Waals surface area contributed by atoms with Gasteiger partial charge in [-0.2, -0.15) is 0 Å². The van der Waals surface area contributed by atoms with Crippen LogP contribution in [0.4, 0.5) is 0 Å². The number of imidazole rings is 1. The fourth-order valence-corrected chi connectivity index (χ4v) is 4.24. The van der Waals surface area contributed by atoms with Gasteiger partial charge in [0, 0.05) is 12.6 Å². The zero-order valence-corrected chi connectivity index (χ0v) is 16.3. The lowest BCUT2D eigenvalue weighted by molar-refractivity contribution is -0.132. The maximum Gasteiger partial charge on any atom is 0.252 e. The molecule has 1 aliphatic rings. The number of benzene rings is 1. The number of nitrogens with zero attached hydrogens (tertiary/aromatic N) is 4. The Morgan fingerprint density at radius 3 is 2.96 bits per heavy atom. The van der Waals surface area contributed by atoms with Crippen molar-refractivity contribution in [3.8, 4) is 10.6 Å². The van der Waals surface area contributed by atoms with E-state index in [-0.39, 0.29) is 11.9 Å². The number of aliphatic hydroxyl groups is 1. The second-order valence-corrected chi connectivity index (χ2v) is 8.35. The summed E-state index contributed by atoms with van der Waals surface area (Å²) in [4.78, 5) is 26.7. The number of carbonyl (C=O) groups is 1. The highest BCUT2D eigenvalue weighted by Crippen LogP contribution is 2.36. The summed E-state index contributed by atoms with van der Waals surface area (Å²) in [5, 5.41) is 13.7. The van der Waals surface area contributed by atoms with Gasteiger partial charge in [-0.05, 0) is 31.4 Å². The Bertz CT molecular complexity index is 1220. The summed E-state index contributed by atoms with van der Waals surface area (Å²) in [6.45, 7) is 1.92. The van der Waals surface area contributed by atoms with Gasteiger partial charge in [0.2, 0.25) is 0 Å². The molecule has 3 aromatic heterocycles. The molecule has 1 saturated carbocycles. The molecule has 1 atom stereocenters. The summed E-state index contributed by atoms with van der Waals surface area (Å²) in [5.74, 6) is -0.298. The Morgan fingerprint density at radius 1 is 1.36 bits per heavy atom. The predicted octanol–water partition coefficient (Wildman–Crippen LogP) is 2.95. The molecule has 1 aromatic carbocycles. The van der Waals surface area contributed by atoms with Crippen molar-refractivity contribution in [2.45, 2.75) is 31.4 Å². The van der Waals surface area contributed by atoms with Crippen LogP contribution in [-0.2, 0) is 11.8 Å². The summed E-state index contributed by atoms with van der Waals surface area (Å²) >= 11 is 1.54. The fourth-order valence-electron chi connectivity index (χ4n) is 3.33. The summed E-state index contributed by atoms with van der Waals surface area (Å²) < 4.78 is 1.96. The van der Waals surface area contributed by atoms with Crippen LogP contribution in [-0.4, -0.2) is 36.1 Å². The number of aryl methyl sites for hydroxylation is 1. The van der Waals surface area contributed by atoms with Gasteiger partial charge in [0.25, 0.3) is 5.91 Å². The van der Waals surface area contributed by atoms with E-state index in [0.717, 1.165) is 37.5 Å². The number of fused-ring (bicyclic) bond motifs is 3. The lowest BCUT2D eigenvalue weighted by Crippen LogP contribution is -2.37. The second-order valence-electron chi connectivity index (χ2n) is 7.37. The van der Waals surface area contributed by atoms with E-state index in [0.29, 0.717) is 12.8 Å². The fraction of sp³-hybridized carbons (Fsp3) is 0.300. The van der Waals surface area contributed by atoms with E-state index in [4.69, 9.17) is 4.98 Å². The van der Waals surface area contributed by atoms with Crippen LogP contribution in [0.3, 0.4) is 0 Å². The first-order valence-electron chi connectivity index (χ1n) is 9.15. The molecular weight excluding hydrogens is 374 g/mol. The van der Waals surface area contributed by atoms with Crippen LogP contribution in [0.25, 0.3) is 32.0 Å². The molecule has 0 spiro atoms. The van der Waals surface area contributed by atoms with Crippen molar-refractivity contribution in [3.63, 3.8) is 0 Å². The van der Waals surface area contributed by atoms with Crippen molar-refractivity contribution in [2.24, 2.45) is 7.05 Å². The smallest absolute Gasteiger partial charge is 0.252 e. The van der Waals surface area contributed by atoms with Crippen molar-refractivity contribution in [1.29, 1.82) is 0 Å². The number of hydrogen-bond donors (Lipinski definition) is 2. The Morgan fingerprint density at radius 2 is 2.18 bits per heavy atom. The molecule has 0 saturated heterocycles. The molecule has 142 valence electrons. The molecule has 0 aliphatic heterocycles. The van der Waals surface area contributed by atoms with E-state index in [1.165, 1.54) is 11.3 Å². The van der Waals surface area contributed by atoms with E-state index in [1.807, 2.05) is 42.8 Å². The number of pyridine rings is 1. The van der Waals surface area contributed by atoms with Gasteiger partial charge in [-0.1, -0.05) is 29.5 Å². The van der Waals surface area contributed by atoms with Crippen molar-refractivity contribution in [1.82, 2.24) is 24.8 Å². The van der Waals surface area contributed by atoms with Crippen molar-refractivity contribution >= 4 is 38.6 Å². The first-order chi connectivity index (χ1) is 13.4. The molecule has 1 aliphatic carbocycles. The summed E-state index contributed by atoms with van der Waals surface area (Å²) in [6, 6.07) is 7.76. The minimum atomic E-state index is -1.17. The molecule has 1 amide bonds. The van der Waals surface area contributed by atoms with E-state index in [9.17, 15) is 9.90 Å². The third-order valence-electron chi connectivity index (χ3n) is 5.23. The van der Waals surface area contributed by atoms with E-state index in [2.05, 4.69) is 15.3 Å². The van der Waals surface area contributed by atoms with Gasteiger partial charge in [0.15, 0.2) is 0 Å². The molecule has 7 nitrogen and oxygen atoms in total. The van der Waals surface area contributed by atoms with E-state index < -0.39 is 5.60 Å². The monoisotopic (exact) mass is 393 g/mol. The van der Waals surface area contributed by atoms with Crippen LogP contribution in [0.5, 0.6) is 0 Å². The van der Waals surface area contributed by atoms with Crippen LogP contribution in [0.15, 0.2) is 36.8 Å². The Kier molecular flexibility index (Phi) is 3.75. The third kappa shape index (κ3) is 2.76. The maximum atomic E-state index is 12.1. The number of nitrogens with one attached hydrogen (secondary N) is 1. The first-order valence-corrected chi connectivity index (χ1v) is 9.96. The number of thiazole rings is 1. The Balaban J connectivity index is 1.50. The van der Waals surface area contributed by atoms with Gasteiger partial charge in [-0.3, -0.25) is 4.79 Å². The van der Waals surface area contributed by atoms with Crippen LogP contribution >= 0.6 is 11.3 Å². The average molecular weight is 393 g/mol. The number of carbonyl (C=O) groups excluding carboxylic acids is 1. The summed E-state index contributed by atoms with van der Waals surface area (Å²) in [5.41, 5.74) is 3.42. The normalized spacial score (nSPS) is 16.4. The van der Waals surface area contributed by atoms with Crippen molar-refractivity contribution in [2.75, 3.05) is 0 Å². The Hall–Kier alpha value is -2.84. The topological polar surface area (TPSA) is 92.9 Å². The molecule has 2 N–H and O–H groups in total. The van der Waals surface area contributed by atoms with Gasteiger partial charge >= 0.3 is 0 Å². The quantitative estimate of drug-likeness (QED) is 0.556. The maximum absolute atomic E-state index is 12.1. The number of aromatic nitrogens is 4. The lowest BCUT2D eigenvalue weighted by Gasteiger charge is -2.17. The molecule has 28 heavy (non-hydrogen) atoms. The zero-order chi connectivity index (χ0) is 19.5. The van der Waals surface area contributed by atoms with E-state index in [1.54, 1.807) is 12.5 Å². The number of amides is 1. The van der Waals surface area contributed by atoms with Gasteiger partial charge < -0.3 is 15.0 Å². The minimum Gasteiger partial charge on any atom is -0.380 e. The molecule has 8 heteroatoms. The Labute approximate surface area is 165 Å². The van der Waals surface area contributed by atoms with Gasteiger partial charge in [0.05, 0.1) is 24.1 Å². The van der Waals surface area contributed by atoms with Crippen LogP contribution in [0.2, 0.25) is 0 Å².